The van der Waals surface area contributed by atoms with Crippen LogP contribution in [0, 0.1) is 47.4 Å². The Kier molecular flexibility index (Phi) is 24.3. The van der Waals surface area contributed by atoms with E-state index in [0.29, 0.717) is 60.6 Å². The van der Waals surface area contributed by atoms with E-state index in [2.05, 4.69) is 47.4 Å². The van der Waals surface area contributed by atoms with Crippen molar-refractivity contribution in [3.63, 3.8) is 0 Å². The lowest BCUT2D eigenvalue weighted by molar-refractivity contribution is 0.0591. The van der Waals surface area contributed by atoms with Crippen LogP contribution < -0.4 is 18.9 Å². The molecule has 0 fully saturated rings. The number of fused-ring (bicyclic) bond motifs is 4. The van der Waals surface area contributed by atoms with Crippen LogP contribution in [-0.4, -0.2) is 52.6 Å². The fraction of sp³-hybridized carbons (Fsp3) is 0.542. The first-order valence-corrected chi connectivity index (χ1v) is 20.5. The number of carbonyl (C=O) groups is 2. The van der Waals surface area contributed by atoms with Crippen molar-refractivity contribution in [2.45, 2.75) is 128 Å². The van der Waals surface area contributed by atoms with Gasteiger partial charge in [-0.05, 0) is 99.3 Å². The van der Waals surface area contributed by atoms with Gasteiger partial charge in [0.1, 0.15) is 23.0 Å². The van der Waals surface area contributed by atoms with E-state index in [1.807, 2.05) is 12.1 Å². The smallest absolute Gasteiger partial charge is 0.338 e. The Morgan fingerprint density at radius 3 is 0.893 bits per heavy atom. The van der Waals surface area contributed by atoms with E-state index in [1.54, 1.807) is 24.3 Å². The molecule has 56 heavy (non-hydrogen) atoms. The van der Waals surface area contributed by atoms with Gasteiger partial charge in [-0.2, -0.15) is 0 Å². The van der Waals surface area contributed by atoms with Gasteiger partial charge in [0.05, 0.1) is 51.8 Å². The molecule has 8 nitrogen and oxygen atoms in total. The van der Waals surface area contributed by atoms with Gasteiger partial charge in [-0.3, -0.25) is 0 Å². The topological polar surface area (TPSA) is 89.5 Å². The van der Waals surface area contributed by atoms with E-state index in [4.69, 9.17) is 28.4 Å². The second-order valence-electron chi connectivity index (χ2n) is 13.6. The van der Waals surface area contributed by atoms with Crippen molar-refractivity contribution in [2.75, 3.05) is 40.6 Å². The third kappa shape index (κ3) is 21.1. The third-order valence-electron chi connectivity index (χ3n) is 8.94. The van der Waals surface area contributed by atoms with E-state index < -0.39 is 11.9 Å². The SMILES string of the molecule is COC(=O)c1cc2cc(c1)OCCCCCCC#CC#CCCCCCCOc1cc(cc(C(=O)OC)c1)OCCCCCCC#CC#CCCCCCCO2. The number of hydrogen-bond acceptors (Lipinski definition) is 8. The summed E-state index contributed by atoms with van der Waals surface area (Å²) < 4.78 is 33.8. The predicted octanol–water partition coefficient (Wildman–Crippen LogP) is 10.3. The highest BCUT2D eigenvalue weighted by atomic mass is 16.5. The number of rotatable bonds is 2. The zero-order chi connectivity index (χ0) is 39.7. The molecule has 8 heteroatoms. The maximum atomic E-state index is 12.3. The first-order valence-electron chi connectivity index (χ1n) is 20.5. The molecule has 2 aromatic carbocycles. The Hall–Kier alpha value is -5.18. The summed E-state index contributed by atoms with van der Waals surface area (Å²) in [5, 5.41) is 0. The highest BCUT2D eigenvalue weighted by Crippen LogP contribution is 2.26. The molecule has 0 radical (unpaired) electrons. The van der Waals surface area contributed by atoms with Crippen LogP contribution in [0.1, 0.15) is 149 Å². The van der Waals surface area contributed by atoms with Crippen LogP contribution in [0.5, 0.6) is 23.0 Å². The summed E-state index contributed by atoms with van der Waals surface area (Å²) in [5.74, 6) is 26.2. The van der Waals surface area contributed by atoms with Gasteiger partial charge in [-0.1, -0.05) is 75.0 Å². The Balaban J connectivity index is 1.47. The van der Waals surface area contributed by atoms with Crippen LogP contribution in [0.15, 0.2) is 36.4 Å². The summed E-state index contributed by atoms with van der Waals surface area (Å²) in [6.45, 7) is 2.24. The molecule has 1 heterocycles. The fourth-order valence-corrected chi connectivity index (χ4v) is 5.81. The molecular formula is C48H60O8. The van der Waals surface area contributed by atoms with Crippen molar-refractivity contribution in [3.8, 4) is 70.4 Å². The van der Waals surface area contributed by atoms with Gasteiger partial charge in [0.2, 0.25) is 0 Å². The van der Waals surface area contributed by atoms with Gasteiger partial charge in [0.25, 0.3) is 0 Å². The van der Waals surface area contributed by atoms with Gasteiger partial charge < -0.3 is 28.4 Å². The first kappa shape index (κ1) is 45.2. The number of benzene rings is 2. The van der Waals surface area contributed by atoms with E-state index in [9.17, 15) is 9.59 Å². The minimum absolute atomic E-state index is 0.416. The van der Waals surface area contributed by atoms with Gasteiger partial charge >= 0.3 is 11.9 Å². The largest absolute Gasteiger partial charge is 0.493 e. The average molecular weight is 765 g/mol. The van der Waals surface area contributed by atoms with Crippen molar-refractivity contribution in [3.05, 3.63) is 47.5 Å². The minimum Gasteiger partial charge on any atom is -0.493 e. The molecule has 0 N–H and O–H groups in total. The molecule has 0 aromatic heterocycles. The van der Waals surface area contributed by atoms with Crippen molar-refractivity contribution in [1.29, 1.82) is 0 Å². The van der Waals surface area contributed by atoms with Gasteiger partial charge in [-0.15, -0.1) is 0 Å². The number of hydrogen-bond donors (Lipinski definition) is 0. The van der Waals surface area contributed by atoms with Gasteiger partial charge in [-0.25, -0.2) is 9.59 Å². The van der Waals surface area contributed by atoms with Gasteiger partial charge in [0.15, 0.2) is 0 Å². The van der Waals surface area contributed by atoms with Crippen molar-refractivity contribution < 1.29 is 38.0 Å². The van der Waals surface area contributed by atoms with E-state index in [-0.39, 0.29) is 0 Å². The van der Waals surface area contributed by atoms with Crippen LogP contribution >= 0.6 is 0 Å². The monoisotopic (exact) mass is 764 g/mol. The van der Waals surface area contributed by atoms with Crippen LogP contribution in [0.3, 0.4) is 0 Å². The van der Waals surface area contributed by atoms with Crippen molar-refractivity contribution in [1.82, 2.24) is 0 Å². The maximum Gasteiger partial charge on any atom is 0.338 e. The molecular weight excluding hydrogens is 705 g/mol. The molecule has 0 aliphatic carbocycles. The van der Waals surface area contributed by atoms with E-state index in [0.717, 1.165) is 128 Å². The molecule has 0 saturated carbocycles. The summed E-state index contributed by atoms with van der Waals surface area (Å²) in [7, 11) is 2.75. The normalized spacial score (nSPS) is 16.5. The predicted molar refractivity (Wildman–Crippen MR) is 221 cm³/mol. The zero-order valence-electron chi connectivity index (χ0n) is 33.7. The van der Waals surface area contributed by atoms with Crippen LogP contribution in [0.4, 0.5) is 0 Å². The molecule has 0 spiro atoms. The molecule has 3 rings (SSSR count). The quantitative estimate of drug-likeness (QED) is 0.221. The van der Waals surface area contributed by atoms with Crippen LogP contribution in [0.2, 0.25) is 0 Å². The number of carbonyl (C=O) groups excluding carboxylic acids is 2. The first-order chi connectivity index (χ1) is 27.6. The Morgan fingerprint density at radius 2 is 0.643 bits per heavy atom. The van der Waals surface area contributed by atoms with E-state index in [1.165, 1.54) is 14.2 Å². The maximum absolute atomic E-state index is 12.3. The third-order valence-corrected chi connectivity index (χ3v) is 8.94. The van der Waals surface area contributed by atoms with Crippen LogP contribution in [-0.2, 0) is 9.47 Å². The average Bonchev–Trinajstić information content (AvgIpc) is 3.21. The standard InChI is InChI=1S/C48H60O8/c1-51-47(49)41-35-43-39-44(36-41)54-32-28-24-20-16-12-8-4-6-10-14-18-22-26-30-34-56-46-38-42(48(50)52-2)37-45(40-46)55-33-29-25-21-17-13-9-5-3-7-11-15-19-23-27-31-53-43/h35-40H,11-34H2,1-2H3. The lowest BCUT2D eigenvalue weighted by atomic mass is 10.1. The second kappa shape index (κ2) is 30.1. The van der Waals surface area contributed by atoms with Crippen LogP contribution in [0.25, 0.3) is 0 Å². The summed E-state index contributed by atoms with van der Waals surface area (Å²) in [6, 6.07) is 10.5. The number of ether oxygens (including phenoxy) is 6. The number of esters is 2. The fourth-order valence-electron chi connectivity index (χ4n) is 5.81. The lowest BCUT2D eigenvalue weighted by Gasteiger charge is -2.12. The zero-order valence-corrected chi connectivity index (χ0v) is 33.7. The Morgan fingerprint density at radius 1 is 0.393 bits per heavy atom. The molecule has 0 atom stereocenters. The molecule has 2 aromatic rings. The molecule has 0 unspecified atom stereocenters. The summed E-state index contributed by atoms with van der Waals surface area (Å²) in [6.07, 6.45) is 19.5. The van der Waals surface area contributed by atoms with E-state index >= 15 is 0 Å². The van der Waals surface area contributed by atoms with Crippen molar-refractivity contribution >= 4 is 11.9 Å². The lowest BCUT2D eigenvalue weighted by Crippen LogP contribution is -2.05. The molecule has 300 valence electrons. The Labute approximate surface area is 336 Å². The molecule has 1 aliphatic rings. The number of methoxy groups -OCH3 is 2. The van der Waals surface area contributed by atoms with Gasteiger partial charge in [0, 0.05) is 37.8 Å². The molecule has 0 saturated heterocycles. The highest BCUT2D eigenvalue weighted by Gasteiger charge is 2.12. The minimum atomic E-state index is -0.416. The molecule has 4 bridgehead atoms. The second-order valence-corrected chi connectivity index (χ2v) is 13.6. The summed E-state index contributed by atoms with van der Waals surface area (Å²) in [4.78, 5) is 24.5. The summed E-state index contributed by atoms with van der Waals surface area (Å²) in [5.41, 5.74) is 0.833. The molecule has 0 amide bonds. The van der Waals surface area contributed by atoms with Crippen molar-refractivity contribution in [2.24, 2.45) is 0 Å². The Bertz CT molecular complexity index is 1480. The highest BCUT2D eigenvalue weighted by molar-refractivity contribution is 5.90. The summed E-state index contributed by atoms with van der Waals surface area (Å²) >= 11 is 0. The molecule has 1 aliphatic heterocycles.